The molecule has 54 valence electrons. The lowest BCUT2D eigenvalue weighted by molar-refractivity contribution is 0.0439. The van der Waals surface area contributed by atoms with E-state index in [1.165, 1.54) is 0 Å². The summed E-state index contributed by atoms with van der Waals surface area (Å²) in [5.41, 5.74) is 1.16. The molecule has 7 heteroatoms. The molecule has 0 aliphatic rings. The van der Waals surface area contributed by atoms with Gasteiger partial charge in [-0.15, -0.1) is 5.48 Å². The third-order valence-corrected chi connectivity index (χ3v) is 0.226. The van der Waals surface area contributed by atoms with Crippen molar-refractivity contribution in [2.45, 2.75) is 0 Å². The number of amides is 1. The van der Waals surface area contributed by atoms with Gasteiger partial charge in [-0.05, 0) is 0 Å². The Balaban J connectivity index is 0. The maximum atomic E-state index is 9.40. The third kappa shape index (κ3) is 10.7. The highest BCUT2D eigenvalue weighted by Gasteiger charge is 1.97. The minimum Gasteiger partial charge on any atom is -0.463 e. The van der Waals surface area contributed by atoms with Crippen molar-refractivity contribution in [3.05, 3.63) is 0 Å². The molecule has 0 aliphatic heterocycles. The molecule has 0 saturated carbocycles. The predicted molar refractivity (Wildman–Crippen MR) is 25.3 cm³/mol. The number of carbonyl (C=O) groups is 2. The molecule has 9 heavy (non-hydrogen) atoms. The standard InChI is InChI=1S/C2H3NO5.H3N/c4-1(5)3-8-2(6)7;/h3H,(H,4,5)(H,6,7);1H3. The Morgan fingerprint density at radius 1 is 1.33 bits per heavy atom. The van der Waals surface area contributed by atoms with E-state index in [0.717, 1.165) is 5.48 Å². The highest BCUT2D eigenvalue weighted by molar-refractivity contribution is 5.66. The Labute approximate surface area is 49.8 Å². The summed E-state index contributed by atoms with van der Waals surface area (Å²) in [6, 6.07) is 0. The van der Waals surface area contributed by atoms with E-state index in [2.05, 4.69) is 4.84 Å². The Morgan fingerprint density at radius 3 is 1.89 bits per heavy atom. The van der Waals surface area contributed by atoms with Gasteiger partial charge in [-0.1, -0.05) is 0 Å². The first kappa shape index (κ1) is 10.5. The van der Waals surface area contributed by atoms with Gasteiger partial charge in [0.1, 0.15) is 0 Å². The summed E-state index contributed by atoms with van der Waals surface area (Å²) in [5, 5.41) is 15.3. The van der Waals surface area contributed by atoms with Crippen molar-refractivity contribution in [1.82, 2.24) is 11.6 Å². The topological polar surface area (TPSA) is 131 Å². The van der Waals surface area contributed by atoms with E-state index in [0.29, 0.717) is 0 Å². The second-order valence-electron chi connectivity index (χ2n) is 0.775. The van der Waals surface area contributed by atoms with Gasteiger partial charge < -0.3 is 21.2 Å². The van der Waals surface area contributed by atoms with E-state index in [-0.39, 0.29) is 6.15 Å². The van der Waals surface area contributed by atoms with Crippen LogP contribution in [0.15, 0.2) is 0 Å². The van der Waals surface area contributed by atoms with Crippen LogP contribution < -0.4 is 11.6 Å². The Morgan fingerprint density at radius 2 is 1.78 bits per heavy atom. The molecule has 0 aromatic carbocycles. The molecule has 0 fully saturated rings. The Bertz CT molecular complexity index is 97.5. The van der Waals surface area contributed by atoms with Crippen molar-refractivity contribution in [2.24, 2.45) is 0 Å². The van der Waals surface area contributed by atoms with Crippen molar-refractivity contribution in [3.8, 4) is 0 Å². The van der Waals surface area contributed by atoms with Gasteiger partial charge in [0.2, 0.25) is 0 Å². The van der Waals surface area contributed by atoms with Crippen LogP contribution in [-0.2, 0) is 4.84 Å². The van der Waals surface area contributed by atoms with E-state index in [1.807, 2.05) is 0 Å². The predicted octanol–water partition coefficient (Wildman–Crippen LogP) is 0.0256. The Hall–Kier alpha value is -1.50. The van der Waals surface area contributed by atoms with Crippen LogP contribution in [0.3, 0.4) is 0 Å². The molecule has 0 heterocycles. The zero-order chi connectivity index (χ0) is 6.57. The van der Waals surface area contributed by atoms with E-state index in [4.69, 9.17) is 10.2 Å². The summed E-state index contributed by atoms with van der Waals surface area (Å²) < 4.78 is 0. The lowest BCUT2D eigenvalue weighted by Crippen LogP contribution is -2.23. The molecule has 0 aromatic rings. The van der Waals surface area contributed by atoms with Crippen LogP contribution in [0.25, 0.3) is 0 Å². The first-order chi connectivity index (χ1) is 3.63. The maximum Gasteiger partial charge on any atom is 0.530 e. The van der Waals surface area contributed by atoms with E-state index >= 15 is 0 Å². The molecule has 0 atom stereocenters. The van der Waals surface area contributed by atoms with Crippen LogP contribution in [-0.4, -0.2) is 22.5 Å². The molecule has 0 radical (unpaired) electrons. The van der Waals surface area contributed by atoms with Gasteiger partial charge in [-0.3, -0.25) is 0 Å². The molecular weight excluding hydrogens is 132 g/mol. The van der Waals surface area contributed by atoms with Crippen molar-refractivity contribution >= 4 is 12.2 Å². The molecule has 6 N–H and O–H groups in total. The summed E-state index contributed by atoms with van der Waals surface area (Å²) in [5.74, 6) is 0. The van der Waals surface area contributed by atoms with Crippen molar-refractivity contribution in [3.63, 3.8) is 0 Å². The quantitative estimate of drug-likeness (QED) is 0.349. The molecule has 0 saturated heterocycles. The lowest BCUT2D eigenvalue weighted by atomic mass is 11.3. The second-order valence-corrected chi connectivity index (χ2v) is 0.775. The Kier molecular flexibility index (Phi) is 5.42. The first-order valence-corrected chi connectivity index (χ1v) is 1.51. The third-order valence-electron chi connectivity index (χ3n) is 0.226. The molecule has 0 rings (SSSR count). The highest BCUT2D eigenvalue weighted by Crippen LogP contribution is 1.66. The summed E-state index contributed by atoms with van der Waals surface area (Å²) in [7, 11) is 0. The SMILES string of the molecule is N.O=C(O)NOC(=O)O. The fourth-order valence-electron chi connectivity index (χ4n) is 0.0873. The average Bonchev–Trinajstić information content (AvgIpc) is 1.61. The second kappa shape index (κ2) is 4.65. The molecule has 7 nitrogen and oxygen atoms in total. The zero-order valence-electron chi connectivity index (χ0n) is 4.33. The number of hydrogen-bond donors (Lipinski definition) is 4. The monoisotopic (exact) mass is 138 g/mol. The smallest absolute Gasteiger partial charge is 0.463 e. The molecule has 0 spiro atoms. The number of hydrogen-bond acceptors (Lipinski definition) is 4. The fourth-order valence-corrected chi connectivity index (χ4v) is 0.0873. The minimum atomic E-state index is -1.69. The van der Waals surface area contributed by atoms with E-state index in [1.54, 1.807) is 0 Å². The van der Waals surface area contributed by atoms with Crippen LogP contribution in [0.5, 0.6) is 0 Å². The average molecular weight is 138 g/mol. The van der Waals surface area contributed by atoms with Crippen molar-refractivity contribution in [1.29, 1.82) is 0 Å². The summed E-state index contributed by atoms with van der Waals surface area (Å²) >= 11 is 0. The van der Waals surface area contributed by atoms with Crippen LogP contribution in [0, 0.1) is 0 Å². The molecule has 0 aromatic heterocycles. The van der Waals surface area contributed by atoms with Gasteiger partial charge >= 0.3 is 12.2 Å². The van der Waals surface area contributed by atoms with Gasteiger partial charge in [0.05, 0.1) is 0 Å². The molecule has 0 aliphatic carbocycles. The van der Waals surface area contributed by atoms with Crippen LogP contribution in [0.1, 0.15) is 0 Å². The van der Waals surface area contributed by atoms with Crippen LogP contribution in [0.2, 0.25) is 0 Å². The van der Waals surface area contributed by atoms with Gasteiger partial charge in [-0.2, -0.15) is 0 Å². The van der Waals surface area contributed by atoms with Crippen molar-refractivity contribution < 1.29 is 24.6 Å². The lowest BCUT2D eigenvalue weighted by Gasteiger charge is -1.92. The van der Waals surface area contributed by atoms with Crippen molar-refractivity contribution in [2.75, 3.05) is 0 Å². The molecular formula is C2H6N2O5. The van der Waals surface area contributed by atoms with Gasteiger partial charge in [-0.25, -0.2) is 9.59 Å². The number of carboxylic acid groups (broad SMARTS) is 2. The number of hydroxylamine groups is 1. The van der Waals surface area contributed by atoms with Gasteiger partial charge in [0.25, 0.3) is 0 Å². The van der Waals surface area contributed by atoms with E-state index < -0.39 is 12.2 Å². The molecule has 0 unspecified atom stereocenters. The largest absolute Gasteiger partial charge is 0.530 e. The maximum absolute atomic E-state index is 9.40. The summed E-state index contributed by atoms with van der Waals surface area (Å²) in [6.07, 6.45) is -3.24. The normalized spacial score (nSPS) is 6.67. The van der Waals surface area contributed by atoms with Crippen LogP contribution in [0.4, 0.5) is 9.59 Å². The first-order valence-electron chi connectivity index (χ1n) is 1.51. The molecule has 0 bridgehead atoms. The van der Waals surface area contributed by atoms with Gasteiger partial charge in [0, 0.05) is 0 Å². The minimum absolute atomic E-state index is 0. The fraction of sp³-hybridized carbons (Fsp3) is 0. The summed E-state index contributed by atoms with van der Waals surface area (Å²) in [6.45, 7) is 0. The highest BCUT2D eigenvalue weighted by atomic mass is 16.8. The summed E-state index contributed by atoms with van der Waals surface area (Å²) in [4.78, 5) is 22.1. The number of rotatable bonds is 0. The number of nitrogens with one attached hydrogen (secondary N) is 1. The zero-order valence-corrected chi connectivity index (χ0v) is 4.33. The molecule has 1 amide bonds. The van der Waals surface area contributed by atoms with Gasteiger partial charge in [0.15, 0.2) is 0 Å². The van der Waals surface area contributed by atoms with Crippen LogP contribution >= 0.6 is 0 Å². The van der Waals surface area contributed by atoms with E-state index in [9.17, 15) is 9.59 Å².